The molecule has 15 heavy (non-hydrogen) atoms. The molecule has 1 rings (SSSR count). The molecular formula is C10H14BrNO2S. The highest BCUT2D eigenvalue weighted by Gasteiger charge is 2.20. The van der Waals surface area contributed by atoms with Crippen molar-refractivity contribution in [2.75, 3.05) is 0 Å². The molecule has 0 amide bonds. The van der Waals surface area contributed by atoms with Crippen LogP contribution in [-0.4, -0.2) is 17.1 Å². The molecule has 1 aromatic rings. The number of thiophene rings is 1. The van der Waals surface area contributed by atoms with Gasteiger partial charge in [-0.05, 0) is 33.3 Å². The van der Waals surface area contributed by atoms with Gasteiger partial charge in [-0.1, -0.05) is 13.8 Å². The highest BCUT2D eigenvalue weighted by Crippen LogP contribution is 2.22. The predicted octanol–water partition coefficient (Wildman–Crippen LogP) is 2.71. The van der Waals surface area contributed by atoms with Crippen LogP contribution in [0.25, 0.3) is 0 Å². The Morgan fingerprint density at radius 1 is 1.67 bits per heavy atom. The molecule has 0 bridgehead atoms. The Morgan fingerprint density at radius 2 is 2.33 bits per heavy atom. The molecule has 0 aromatic carbocycles. The first-order valence-corrected chi connectivity index (χ1v) is 6.37. The van der Waals surface area contributed by atoms with Crippen molar-refractivity contribution in [1.82, 2.24) is 5.32 Å². The molecule has 5 heteroatoms. The van der Waals surface area contributed by atoms with Crippen LogP contribution in [0.3, 0.4) is 0 Å². The summed E-state index contributed by atoms with van der Waals surface area (Å²) < 4.78 is 1.04. The number of nitrogens with one attached hydrogen (secondary N) is 1. The van der Waals surface area contributed by atoms with Gasteiger partial charge in [-0.25, -0.2) is 0 Å². The molecule has 0 aliphatic carbocycles. The molecule has 1 unspecified atom stereocenters. The number of carbonyl (C=O) groups is 1. The maximum atomic E-state index is 10.9. The highest BCUT2D eigenvalue weighted by atomic mass is 79.9. The summed E-state index contributed by atoms with van der Waals surface area (Å²) in [6.07, 6.45) is 0. The zero-order valence-electron chi connectivity index (χ0n) is 8.66. The molecule has 0 fully saturated rings. The Bertz CT molecular complexity index is 338. The second kappa shape index (κ2) is 5.63. The lowest BCUT2D eigenvalue weighted by Gasteiger charge is -2.17. The van der Waals surface area contributed by atoms with E-state index in [0.29, 0.717) is 6.54 Å². The summed E-state index contributed by atoms with van der Waals surface area (Å²) in [5.74, 6) is -0.709. The van der Waals surface area contributed by atoms with E-state index in [1.165, 1.54) is 0 Å². The molecule has 3 nitrogen and oxygen atoms in total. The van der Waals surface area contributed by atoms with Crippen LogP contribution in [0.2, 0.25) is 0 Å². The molecule has 1 aromatic heterocycles. The third-order valence-electron chi connectivity index (χ3n) is 2.11. The fraction of sp³-hybridized carbons (Fsp3) is 0.500. The van der Waals surface area contributed by atoms with Crippen LogP contribution in [-0.2, 0) is 11.3 Å². The predicted molar refractivity (Wildman–Crippen MR) is 65.1 cm³/mol. The summed E-state index contributed by atoms with van der Waals surface area (Å²) in [7, 11) is 0. The molecule has 0 saturated heterocycles. The number of hydrogen-bond donors (Lipinski definition) is 2. The number of rotatable bonds is 5. The van der Waals surface area contributed by atoms with Crippen LogP contribution in [0.5, 0.6) is 0 Å². The summed E-state index contributed by atoms with van der Waals surface area (Å²) >= 11 is 5.03. The van der Waals surface area contributed by atoms with E-state index in [2.05, 4.69) is 21.2 Å². The number of carboxylic acid groups (broad SMARTS) is 1. The standard InChI is InChI=1S/C10H14BrNO2S/c1-6(2)9(10(13)14)12-5-8-7(11)3-4-15-8/h3-4,6,9,12H,5H2,1-2H3,(H,13,14). The van der Waals surface area contributed by atoms with Crippen molar-refractivity contribution in [2.45, 2.75) is 26.4 Å². The van der Waals surface area contributed by atoms with Gasteiger partial charge in [0.1, 0.15) is 6.04 Å². The van der Waals surface area contributed by atoms with Gasteiger partial charge in [-0.2, -0.15) is 0 Å². The second-order valence-electron chi connectivity index (χ2n) is 3.63. The van der Waals surface area contributed by atoms with E-state index >= 15 is 0 Å². The Labute approximate surface area is 102 Å². The Morgan fingerprint density at radius 3 is 2.73 bits per heavy atom. The minimum absolute atomic E-state index is 0.0845. The van der Waals surface area contributed by atoms with Gasteiger partial charge in [0.25, 0.3) is 0 Å². The molecule has 0 spiro atoms. The van der Waals surface area contributed by atoms with Crippen molar-refractivity contribution < 1.29 is 9.90 Å². The van der Waals surface area contributed by atoms with Gasteiger partial charge in [-0.3, -0.25) is 10.1 Å². The Kier molecular flexibility index (Phi) is 4.76. The lowest BCUT2D eigenvalue weighted by molar-refractivity contribution is -0.140. The molecule has 1 heterocycles. The van der Waals surface area contributed by atoms with Crippen LogP contribution in [0.1, 0.15) is 18.7 Å². The SMILES string of the molecule is CC(C)C(NCc1sccc1Br)C(=O)O. The van der Waals surface area contributed by atoms with E-state index in [9.17, 15) is 4.79 Å². The molecule has 0 aliphatic heterocycles. The van der Waals surface area contributed by atoms with E-state index in [1.807, 2.05) is 25.3 Å². The first-order chi connectivity index (χ1) is 7.02. The molecule has 1 atom stereocenters. The Hall–Kier alpha value is -0.390. The topological polar surface area (TPSA) is 49.3 Å². The summed E-state index contributed by atoms with van der Waals surface area (Å²) in [5.41, 5.74) is 0. The van der Waals surface area contributed by atoms with Gasteiger partial charge >= 0.3 is 5.97 Å². The van der Waals surface area contributed by atoms with E-state index < -0.39 is 12.0 Å². The number of carboxylic acids is 1. The van der Waals surface area contributed by atoms with E-state index in [-0.39, 0.29) is 5.92 Å². The average molecular weight is 292 g/mol. The lowest BCUT2D eigenvalue weighted by atomic mass is 10.1. The van der Waals surface area contributed by atoms with Gasteiger partial charge in [0.05, 0.1) is 0 Å². The molecular weight excluding hydrogens is 278 g/mol. The monoisotopic (exact) mass is 291 g/mol. The lowest BCUT2D eigenvalue weighted by Crippen LogP contribution is -2.40. The number of aliphatic carboxylic acids is 1. The van der Waals surface area contributed by atoms with Crippen LogP contribution in [0.15, 0.2) is 15.9 Å². The van der Waals surface area contributed by atoms with Crippen molar-refractivity contribution in [2.24, 2.45) is 5.92 Å². The molecule has 2 N–H and O–H groups in total. The van der Waals surface area contributed by atoms with Gasteiger partial charge in [0.2, 0.25) is 0 Å². The maximum absolute atomic E-state index is 10.9. The summed E-state index contributed by atoms with van der Waals surface area (Å²) in [5, 5.41) is 14.0. The quantitative estimate of drug-likeness (QED) is 0.877. The van der Waals surface area contributed by atoms with E-state index in [1.54, 1.807) is 11.3 Å². The minimum atomic E-state index is -0.794. The fourth-order valence-corrected chi connectivity index (χ4v) is 2.71. The van der Waals surface area contributed by atoms with Gasteiger partial charge in [0.15, 0.2) is 0 Å². The normalized spacial score (nSPS) is 13.1. The van der Waals surface area contributed by atoms with Gasteiger partial charge < -0.3 is 5.11 Å². The van der Waals surface area contributed by atoms with Gasteiger partial charge in [-0.15, -0.1) is 11.3 Å². The molecule has 0 radical (unpaired) electrons. The highest BCUT2D eigenvalue weighted by molar-refractivity contribution is 9.10. The summed E-state index contributed by atoms with van der Waals surface area (Å²) in [6, 6.07) is 1.48. The van der Waals surface area contributed by atoms with Crippen molar-refractivity contribution in [3.63, 3.8) is 0 Å². The molecule has 0 saturated carbocycles. The number of halogens is 1. The summed E-state index contributed by atoms with van der Waals surface area (Å²) in [6.45, 7) is 4.39. The van der Waals surface area contributed by atoms with Crippen molar-refractivity contribution in [3.05, 3.63) is 20.8 Å². The molecule has 0 aliphatic rings. The third-order valence-corrected chi connectivity index (χ3v) is 4.03. The smallest absolute Gasteiger partial charge is 0.320 e. The van der Waals surface area contributed by atoms with Crippen molar-refractivity contribution in [3.8, 4) is 0 Å². The fourth-order valence-electron chi connectivity index (χ4n) is 1.26. The zero-order valence-corrected chi connectivity index (χ0v) is 11.1. The average Bonchev–Trinajstić information content (AvgIpc) is 2.51. The van der Waals surface area contributed by atoms with Crippen LogP contribution in [0, 0.1) is 5.92 Å². The van der Waals surface area contributed by atoms with Crippen LogP contribution < -0.4 is 5.32 Å². The minimum Gasteiger partial charge on any atom is -0.480 e. The van der Waals surface area contributed by atoms with E-state index in [0.717, 1.165) is 9.35 Å². The van der Waals surface area contributed by atoms with E-state index in [4.69, 9.17) is 5.11 Å². The Balaban J connectivity index is 2.55. The van der Waals surface area contributed by atoms with Crippen LogP contribution in [0.4, 0.5) is 0 Å². The first kappa shape index (κ1) is 12.7. The number of hydrogen-bond acceptors (Lipinski definition) is 3. The van der Waals surface area contributed by atoms with Gasteiger partial charge in [0, 0.05) is 15.9 Å². The summed E-state index contributed by atoms with van der Waals surface area (Å²) in [4.78, 5) is 12.0. The second-order valence-corrected chi connectivity index (χ2v) is 5.49. The molecule has 84 valence electrons. The first-order valence-electron chi connectivity index (χ1n) is 4.70. The van der Waals surface area contributed by atoms with Crippen molar-refractivity contribution in [1.29, 1.82) is 0 Å². The third kappa shape index (κ3) is 3.59. The zero-order chi connectivity index (χ0) is 11.4. The van der Waals surface area contributed by atoms with Crippen molar-refractivity contribution >= 4 is 33.2 Å². The largest absolute Gasteiger partial charge is 0.480 e. The van der Waals surface area contributed by atoms with Crippen LogP contribution >= 0.6 is 27.3 Å². The maximum Gasteiger partial charge on any atom is 0.320 e.